The van der Waals surface area contributed by atoms with Crippen molar-refractivity contribution in [2.75, 3.05) is 0 Å². The number of hydrogen-bond donors (Lipinski definition) is 2. The summed E-state index contributed by atoms with van der Waals surface area (Å²) < 4.78 is 12.8. The Bertz CT molecular complexity index is 1320. The van der Waals surface area contributed by atoms with E-state index in [0.717, 1.165) is 16.5 Å². The molecule has 0 radical (unpaired) electrons. The van der Waals surface area contributed by atoms with Gasteiger partial charge in [-0.05, 0) is 61.8 Å². The molecule has 0 saturated heterocycles. The van der Waals surface area contributed by atoms with Crippen molar-refractivity contribution in [1.29, 1.82) is 0 Å². The summed E-state index contributed by atoms with van der Waals surface area (Å²) in [7, 11) is 0. The van der Waals surface area contributed by atoms with Gasteiger partial charge in [0.05, 0.1) is 27.2 Å². The van der Waals surface area contributed by atoms with Gasteiger partial charge in [0, 0.05) is 18.1 Å². The van der Waals surface area contributed by atoms with E-state index in [0.29, 0.717) is 33.9 Å². The Morgan fingerprint density at radius 2 is 1.97 bits per heavy atom. The topological polar surface area (TPSA) is 102 Å². The van der Waals surface area contributed by atoms with Crippen molar-refractivity contribution < 1.29 is 19.2 Å². The highest BCUT2D eigenvalue weighted by atomic mass is 35.5. The summed E-state index contributed by atoms with van der Waals surface area (Å²) in [5, 5.41) is 17.8. The number of nitrogens with zero attached hydrogens (tertiary/aromatic N) is 3. The molecule has 2 N–H and O–H groups in total. The number of benzene rings is 2. The van der Waals surface area contributed by atoms with Crippen LogP contribution in [0.3, 0.4) is 0 Å². The number of carbonyl (C=O) groups is 1. The van der Waals surface area contributed by atoms with Crippen molar-refractivity contribution in [3.05, 3.63) is 58.2 Å². The van der Waals surface area contributed by atoms with Gasteiger partial charge in [0.15, 0.2) is 0 Å². The first kappa shape index (κ1) is 23.1. The molecule has 33 heavy (non-hydrogen) atoms. The van der Waals surface area contributed by atoms with Crippen LogP contribution in [0.5, 0.6) is 5.75 Å². The predicted octanol–water partition coefficient (Wildman–Crippen LogP) is 5.34. The molecular formula is C23H22Cl2N4O4. The maximum absolute atomic E-state index is 11.0. The second-order valence-electron chi connectivity index (χ2n) is 7.85. The number of hydrogen-bond acceptors (Lipinski definition) is 6. The van der Waals surface area contributed by atoms with Crippen molar-refractivity contribution in [3.8, 4) is 23.2 Å². The minimum Gasteiger partial charge on any atom is -0.491 e. The lowest BCUT2D eigenvalue weighted by Crippen LogP contribution is -2.33. The minimum atomic E-state index is -0.907. The molecule has 4 rings (SSSR count). The zero-order valence-electron chi connectivity index (χ0n) is 18.2. The number of rotatable bonds is 8. The van der Waals surface area contributed by atoms with E-state index >= 15 is 0 Å². The normalized spacial score (nSPS) is 12.4. The highest BCUT2D eigenvalue weighted by Crippen LogP contribution is 2.33. The molecule has 1 unspecified atom stereocenters. The number of ether oxygens (including phenoxy) is 1. The Morgan fingerprint density at radius 3 is 2.67 bits per heavy atom. The fraction of sp³-hybridized carbons (Fsp3) is 0.261. The number of carboxylic acid groups (broad SMARTS) is 1. The van der Waals surface area contributed by atoms with Gasteiger partial charge in [-0.15, -0.1) is 0 Å². The Labute approximate surface area is 200 Å². The average Bonchev–Trinajstić information content (AvgIpc) is 3.36. The van der Waals surface area contributed by atoms with Crippen LogP contribution in [0.25, 0.3) is 28.3 Å². The van der Waals surface area contributed by atoms with Crippen LogP contribution in [-0.2, 0) is 11.3 Å². The molecule has 8 nitrogen and oxygen atoms in total. The number of aliphatic carboxylic acids is 1. The molecule has 0 bridgehead atoms. The number of aromatic nitrogens is 3. The average molecular weight is 489 g/mol. The molecule has 10 heteroatoms. The predicted molar refractivity (Wildman–Crippen MR) is 126 cm³/mol. The third kappa shape index (κ3) is 4.98. The molecule has 2 aromatic carbocycles. The number of fused-ring (bicyclic) bond motifs is 1. The van der Waals surface area contributed by atoms with E-state index in [4.69, 9.17) is 37.6 Å². The number of halogens is 2. The summed E-state index contributed by atoms with van der Waals surface area (Å²) >= 11 is 12.9. The molecule has 2 heterocycles. The van der Waals surface area contributed by atoms with Crippen LogP contribution in [0.4, 0.5) is 0 Å². The first-order valence-electron chi connectivity index (χ1n) is 10.3. The standard InChI is InChI=1S/C23H22Cl2N4O4/c1-12(2)32-15-5-6-16(18(24)9-15)21-27-23(28-33-21)29-11-19(25)17-8-14(4-7-20(17)29)10-26-13(3)22(30)31/h4-9,11-13,26H,10H2,1-3H3,(H,30,31). The van der Waals surface area contributed by atoms with Crippen LogP contribution >= 0.6 is 23.2 Å². The summed E-state index contributed by atoms with van der Waals surface area (Å²) in [5.41, 5.74) is 2.28. The van der Waals surface area contributed by atoms with Gasteiger partial charge in [-0.25, -0.2) is 0 Å². The van der Waals surface area contributed by atoms with E-state index in [1.807, 2.05) is 32.0 Å². The lowest BCUT2D eigenvalue weighted by atomic mass is 10.1. The molecule has 4 aromatic rings. The van der Waals surface area contributed by atoms with Crippen LogP contribution in [-0.4, -0.2) is 37.9 Å². The summed E-state index contributed by atoms with van der Waals surface area (Å²) in [6.45, 7) is 5.87. The fourth-order valence-electron chi connectivity index (χ4n) is 3.31. The molecule has 1 atom stereocenters. The smallest absolute Gasteiger partial charge is 0.320 e. The minimum absolute atomic E-state index is 0.0329. The van der Waals surface area contributed by atoms with Gasteiger partial charge in [-0.2, -0.15) is 4.98 Å². The summed E-state index contributed by atoms with van der Waals surface area (Å²) in [6, 6.07) is 10.3. The maximum Gasteiger partial charge on any atom is 0.320 e. The van der Waals surface area contributed by atoms with Crippen LogP contribution in [0.15, 0.2) is 47.1 Å². The fourth-order valence-corrected chi connectivity index (χ4v) is 3.81. The molecule has 0 spiro atoms. The third-order valence-corrected chi connectivity index (χ3v) is 5.59. The third-order valence-electron chi connectivity index (χ3n) is 4.98. The summed E-state index contributed by atoms with van der Waals surface area (Å²) in [6.07, 6.45) is 1.74. The molecular weight excluding hydrogens is 467 g/mol. The van der Waals surface area contributed by atoms with Gasteiger partial charge in [0.25, 0.3) is 11.8 Å². The van der Waals surface area contributed by atoms with Crippen LogP contribution in [0, 0.1) is 0 Å². The zero-order chi connectivity index (χ0) is 23.7. The lowest BCUT2D eigenvalue weighted by Gasteiger charge is -2.10. The molecule has 2 aromatic heterocycles. The SMILES string of the molecule is CC(C)Oc1ccc(-c2nc(-n3cc(Cl)c4cc(CNC(C)C(=O)O)ccc43)no2)c(Cl)c1. The van der Waals surface area contributed by atoms with Crippen LogP contribution < -0.4 is 10.1 Å². The Morgan fingerprint density at radius 1 is 1.18 bits per heavy atom. The first-order chi connectivity index (χ1) is 15.7. The lowest BCUT2D eigenvalue weighted by molar-refractivity contribution is -0.139. The molecule has 172 valence electrons. The summed E-state index contributed by atoms with van der Waals surface area (Å²) in [4.78, 5) is 15.5. The first-order valence-corrected chi connectivity index (χ1v) is 11.0. The van der Waals surface area contributed by atoms with E-state index in [1.54, 1.807) is 35.9 Å². The van der Waals surface area contributed by atoms with Gasteiger partial charge in [-0.3, -0.25) is 9.36 Å². The van der Waals surface area contributed by atoms with Crippen molar-refractivity contribution in [2.24, 2.45) is 0 Å². The number of carboxylic acids is 1. The van der Waals surface area contributed by atoms with E-state index in [2.05, 4.69) is 15.5 Å². The second-order valence-corrected chi connectivity index (χ2v) is 8.66. The van der Waals surface area contributed by atoms with Crippen molar-refractivity contribution >= 4 is 40.1 Å². The molecule has 0 saturated carbocycles. The van der Waals surface area contributed by atoms with Gasteiger partial charge in [0.2, 0.25) is 0 Å². The van der Waals surface area contributed by atoms with Crippen LogP contribution in [0.2, 0.25) is 10.0 Å². The monoisotopic (exact) mass is 488 g/mol. The quantitative estimate of drug-likeness (QED) is 0.345. The largest absolute Gasteiger partial charge is 0.491 e. The maximum atomic E-state index is 11.0. The van der Waals surface area contributed by atoms with Crippen molar-refractivity contribution in [3.63, 3.8) is 0 Å². The highest BCUT2D eigenvalue weighted by molar-refractivity contribution is 6.35. The van der Waals surface area contributed by atoms with E-state index in [1.165, 1.54) is 0 Å². The van der Waals surface area contributed by atoms with E-state index in [9.17, 15) is 4.79 Å². The number of nitrogens with one attached hydrogen (secondary N) is 1. The van der Waals surface area contributed by atoms with Gasteiger partial charge in [0.1, 0.15) is 11.8 Å². The van der Waals surface area contributed by atoms with Gasteiger partial charge < -0.3 is 19.7 Å². The Kier molecular flexibility index (Phi) is 6.60. The van der Waals surface area contributed by atoms with Crippen LogP contribution in [0.1, 0.15) is 26.3 Å². The van der Waals surface area contributed by atoms with E-state index in [-0.39, 0.29) is 12.0 Å². The van der Waals surface area contributed by atoms with Gasteiger partial charge in [-0.1, -0.05) is 29.3 Å². The van der Waals surface area contributed by atoms with Gasteiger partial charge >= 0.3 is 5.97 Å². The van der Waals surface area contributed by atoms with Crippen molar-refractivity contribution in [1.82, 2.24) is 20.0 Å². The Balaban J connectivity index is 1.61. The molecule has 0 aliphatic heterocycles. The zero-order valence-corrected chi connectivity index (χ0v) is 19.7. The molecule has 0 aliphatic rings. The van der Waals surface area contributed by atoms with E-state index < -0.39 is 12.0 Å². The Hall–Kier alpha value is -3.07. The second kappa shape index (κ2) is 9.43. The van der Waals surface area contributed by atoms with Crippen molar-refractivity contribution in [2.45, 2.75) is 39.5 Å². The molecule has 0 aliphatic carbocycles. The summed E-state index contributed by atoms with van der Waals surface area (Å²) in [5.74, 6) is 0.332. The molecule has 0 amide bonds. The highest BCUT2D eigenvalue weighted by Gasteiger charge is 2.18. The molecule has 0 fully saturated rings.